The Hall–Kier alpha value is -1.67. The van der Waals surface area contributed by atoms with Crippen molar-refractivity contribution < 1.29 is 4.74 Å². The maximum absolute atomic E-state index is 11.8. The molecule has 1 heterocycles. The number of para-hydroxylation sites is 1. The van der Waals surface area contributed by atoms with Gasteiger partial charge in [-0.05, 0) is 37.3 Å². The normalized spacial score (nSPS) is 10.2. The predicted octanol–water partition coefficient (Wildman–Crippen LogP) is 1.68. The van der Waals surface area contributed by atoms with E-state index in [1.807, 2.05) is 28.8 Å². The molecule has 0 amide bonds. The van der Waals surface area contributed by atoms with Crippen LogP contribution >= 0.6 is 24.6 Å². The summed E-state index contributed by atoms with van der Waals surface area (Å²) >= 11 is 5.24. The number of aromatic nitrogens is 2. The fourth-order valence-corrected chi connectivity index (χ4v) is 2.45. The molecule has 0 unspecified atom stereocenters. The first-order valence-electron chi connectivity index (χ1n) is 7.14. The van der Waals surface area contributed by atoms with Crippen LogP contribution in [0.4, 0.5) is 0 Å². The van der Waals surface area contributed by atoms with E-state index in [0.29, 0.717) is 42.5 Å². The van der Waals surface area contributed by atoms with Gasteiger partial charge < -0.3 is 20.8 Å². The number of H-pyrrole nitrogens is 1. The minimum absolute atomic E-state index is 0. The molecule has 0 aliphatic heterocycles. The molecular weight excluding hydrogens is 336 g/mol. The highest BCUT2D eigenvalue weighted by atomic mass is 35.5. The Bertz CT molecular complexity index is 745. The van der Waals surface area contributed by atoms with Crippen molar-refractivity contribution >= 4 is 24.6 Å². The minimum Gasteiger partial charge on any atom is -0.493 e. The Kier molecular flexibility index (Phi) is 7.97. The summed E-state index contributed by atoms with van der Waals surface area (Å²) in [7, 11) is 0. The van der Waals surface area contributed by atoms with Gasteiger partial charge in [0.2, 0.25) is 0 Å². The lowest BCUT2D eigenvalue weighted by molar-refractivity contribution is 0.314. The molecule has 0 saturated carbocycles. The molecule has 0 saturated heterocycles. The van der Waals surface area contributed by atoms with Crippen molar-refractivity contribution in [2.45, 2.75) is 13.0 Å². The largest absolute Gasteiger partial charge is 0.493 e. The molecule has 0 fully saturated rings. The Morgan fingerprint density at radius 1 is 1.22 bits per heavy atom. The molecule has 8 heteroatoms. The Morgan fingerprint density at radius 3 is 2.65 bits per heavy atom. The summed E-state index contributed by atoms with van der Waals surface area (Å²) in [6.07, 6.45) is 0.763. The average molecular weight is 357 g/mol. The number of nitrogens with zero attached hydrogens (tertiary/aromatic N) is 1. The molecule has 0 aliphatic carbocycles. The topological polar surface area (TPSA) is 99.1 Å². The van der Waals surface area contributed by atoms with Gasteiger partial charge in [0, 0.05) is 24.7 Å². The van der Waals surface area contributed by atoms with Crippen LogP contribution in [0.1, 0.15) is 6.42 Å². The number of aromatic amines is 1. The Labute approximate surface area is 145 Å². The molecule has 0 aliphatic rings. The van der Waals surface area contributed by atoms with Crippen LogP contribution in [0, 0.1) is 4.77 Å². The van der Waals surface area contributed by atoms with Gasteiger partial charge in [0.15, 0.2) is 4.77 Å². The molecule has 6 nitrogen and oxygen atoms in total. The third kappa shape index (κ3) is 4.90. The highest BCUT2D eigenvalue weighted by Gasteiger charge is 2.11. The number of ether oxygens (including phenoxy) is 1. The van der Waals surface area contributed by atoms with Crippen molar-refractivity contribution in [1.29, 1.82) is 0 Å². The zero-order valence-electron chi connectivity index (χ0n) is 12.7. The lowest BCUT2D eigenvalue weighted by Gasteiger charge is -2.16. The second-order valence-corrected chi connectivity index (χ2v) is 5.14. The molecule has 0 radical (unpaired) electrons. The standard InChI is InChI=1S/C15H20N4O2S.ClH/c16-6-3-9-21-13-5-2-1-4-11(13)12-10-14(20)18-15(22)19(12)8-7-17;/h1-2,4-5,10H,3,6-9,16-17H2,(H,18,20,22);1H. The average Bonchev–Trinajstić information content (AvgIpc) is 2.50. The number of rotatable bonds is 7. The lowest BCUT2D eigenvalue weighted by atomic mass is 10.1. The van der Waals surface area contributed by atoms with Crippen LogP contribution in [0.25, 0.3) is 11.3 Å². The van der Waals surface area contributed by atoms with Crippen LogP contribution < -0.4 is 21.8 Å². The summed E-state index contributed by atoms with van der Waals surface area (Å²) in [4.78, 5) is 14.4. The van der Waals surface area contributed by atoms with Gasteiger partial charge in [0.1, 0.15) is 5.75 Å². The molecular formula is C15H21ClN4O2S. The molecule has 0 spiro atoms. The van der Waals surface area contributed by atoms with Crippen molar-refractivity contribution in [3.05, 3.63) is 45.5 Å². The second kappa shape index (κ2) is 9.46. The fourth-order valence-electron chi connectivity index (χ4n) is 2.16. The van der Waals surface area contributed by atoms with Crippen molar-refractivity contribution in [2.24, 2.45) is 11.5 Å². The van der Waals surface area contributed by atoms with E-state index in [-0.39, 0.29) is 18.0 Å². The summed E-state index contributed by atoms with van der Waals surface area (Å²) in [5.74, 6) is 0.696. The minimum atomic E-state index is -0.245. The van der Waals surface area contributed by atoms with Gasteiger partial charge in [0.25, 0.3) is 5.56 Å². The zero-order valence-corrected chi connectivity index (χ0v) is 14.3. The maximum Gasteiger partial charge on any atom is 0.252 e. The number of benzene rings is 1. The Morgan fingerprint density at radius 2 is 1.96 bits per heavy atom. The number of nitrogens with one attached hydrogen (secondary N) is 1. The van der Waals surface area contributed by atoms with Crippen LogP contribution in [0.3, 0.4) is 0 Å². The molecule has 0 bridgehead atoms. The van der Waals surface area contributed by atoms with Crippen molar-refractivity contribution in [2.75, 3.05) is 19.7 Å². The van der Waals surface area contributed by atoms with E-state index in [1.165, 1.54) is 6.07 Å². The number of hydrogen-bond acceptors (Lipinski definition) is 5. The molecule has 5 N–H and O–H groups in total. The van der Waals surface area contributed by atoms with E-state index in [0.717, 1.165) is 12.0 Å². The zero-order chi connectivity index (χ0) is 15.9. The molecule has 1 aromatic carbocycles. The van der Waals surface area contributed by atoms with Crippen LogP contribution in [0.15, 0.2) is 35.1 Å². The second-order valence-electron chi connectivity index (χ2n) is 4.75. The van der Waals surface area contributed by atoms with Gasteiger partial charge in [0.05, 0.1) is 12.3 Å². The van der Waals surface area contributed by atoms with E-state index in [9.17, 15) is 4.79 Å². The summed E-state index contributed by atoms with van der Waals surface area (Å²) < 4.78 is 7.93. The molecule has 126 valence electrons. The van der Waals surface area contributed by atoms with Gasteiger partial charge >= 0.3 is 0 Å². The predicted molar refractivity (Wildman–Crippen MR) is 96.8 cm³/mol. The van der Waals surface area contributed by atoms with Gasteiger partial charge in [-0.3, -0.25) is 9.78 Å². The molecule has 2 aromatic rings. The first-order valence-corrected chi connectivity index (χ1v) is 7.54. The fraction of sp³-hybridized carbons (Fsp3) is 0.333. The maximum atomic E-state index is 11.8. The SMILES string of the molecule is Cl.NCCCOc1ccccc1-c1cc(=O)[nH]c(=S)n1CCN. The lowest BCUT2D eigenvalue weighted by Crippen LogP contribution is -2.19. The molecule has 1 aromatic heterocycles. The van der Waals surface area contributed by atoms with Gasteiger partial charge in [-0.15, -0.1) is 12.4 Å². The van der Waals surface area contributed by atoms with E-state index in [1.54, 1.807) is 0 Å². The summed E-state index contributed by atoms with van der Waals surface area (Å²) in [5, 5.41) is 0. The molecule has 0 atom stereocenters. The number of nitrogens with two attached hydrogens (primary N) is 2. The van der Waals surface area contributed by atoms with Gasteiger partial charge in [-0.1, -0.05) is 12.1 Å². The van der Waals surface area contributed by atoms with Gasteiger partial charge in [-0.2, -0.15) is 0 Å². The van der Waals surface area contributed by atoms with Crippen LogP contribution in [-0.2, 0) is 6.54 Å². The third-order valence-corrected chi connectivity index (χ3v) is 3.48. The van der Waals surface area contributed by atoms with Crippen LogP contribution in [0.2, 0.25) is 0 Å². The van der Waals surface area contributed by atoms with E-state index in [4.69, 9.17) is 28.4 Å². The van der Waals surface area contributed by atoms with E-state index < -0.39 is 0 Å². The highest BCUT2D eigenvalue weighted by molar-refractivity contribution is 7.71. The van der Waals surface area contributed by atoms with E-state index >= 15 is 0 Å². The number of hydrogen-bond donors (Lipinski definition) is 3. The smallest absolute Gasteiger partial charge is 0.252 e. The van der Waals surface area contributed by atoms with Gasteiger partial charge in [-0.25, -0.2) is 0 Å². The van der Waals surface area contributed by atoms with Crippen molar-refractivity contribution in [1.82, 2.24) is 9.55 Å². The quantitative estimate of drug-likeness (QED) is 0.518. The Balaban J connectivity index is 0.00000264. The third-order valence-electron chi connectivity index (χ3n) is 3.16. The summed E-state index contributed by atoms with van der Waals surface area (Å²) in [5.41, 5.74) is 12.4. The molecule has 23 heavy (non-hydrogen) atoms. The first-order chi connectivity index (χ1) is 10.7. The van der Waals surface area contributed by atoms with Crippen molar-refractivity contribution in [3.63, 3.8) is 0 Å². The van der Waals surface area contributed by atoms with Crippen LogP contribution in [-0.4, -0.2) is 29.2 Å². The first kappa shape index (κ1) is 19.4. The summed E-state index contributed by atoms with van der Waals surface area (Å²) in [6, 6.07) is 9.05. The molecule has 2 rings (SSSR count). The van der Waals surface area contributed by atoms with Crippen molar-refractivity contribution in [3.8, 4) is 17.0 Å². The van der Waals surface area contributed by atoms with E-state index in [2.05, 4.69) is 4.98 Å². The van der Waals surface area contributed by atoms with Crippen LogP contribution in [0.5, 0.6) is 5.75 Å². The summed E-state index contributed by atoms with van der Waals surface area (Å²) in [6.45, 7) is 2.02. The highest BCUT2D eigenvalue weighted by Crippen LogP contribution is 2.29. The number of halogens is 1. The monoisotopic (exact) mass is 356 g/mol.